The van der Waals surface area contributed by atoms with Gasteiger partial charge in [0.25, 0.3) is 0 Å². The van der Waals surface area contributed by atoms with Crippen molar-refractivity contribution in [2.24, 2.45) is 0 Å². The fourth-order valence-corrected chi connectivity index (χ4v) is 6.83. The molecule has 0 fully saturated rings. The summed E-state index contributed by atoms with van der Waals surface area (Å²) < 4.78 is 44.1. The van der Waals surface area contributed by atoms with E-state index in [4.69, 9.17) is 11.8 Å². The highest BCUT2D eigenvalue weighted by atomic mass is 15.1. The summed E-state index contributed by atoms with van der Waals surface area (Å²) in [5.41, 5.74) is 9.12. The summed E-state index contributed by atoms with van der Waals surface area (Å²) in [4.78, 5) is 4.81. The molecule has 0 radical (unpaired) electrons. The van der Waals surface area contributed by atoms with E-state index in [2.05, 4.69) is 109 Å². The molecule has 0 saturated heterocycles. The molecule has 0 spiro atoms. The minimum absolute atomic E-state index is 0.0650. The lowest BCUT2D eigenvalue weighted by Crippen LogP contribution is -1.98. The van der Waals surface area contributed by atoms with Crippen LogP contribution in [0.2, 0.25) is 0 Å². The average Bonchev–Trinajstić information content (AvgIpc) is 3.58. The van der Waals surface area contributed by atoms with Crippen LogP contribution in [0.4, 0.5) is 0 Å². The van der Waals surface area contributed by atoms with E-state index < -0.39 is 6.04 Å². The Morgan fingerprint density at radius 2 is 0.979 bits per heavy atom. The molecule has 0 aliphatic carbocycles. The molecule has 0 aliphatic heterocycles. The second-order valence-electron chi connectivity index (χ2n) is 11.6. The summed E-state index contributed by atoms with van der Waals surface area (Å²) in [5, 5.41) is 4.60. The van der Waals surface area contributed by atoms with E-state index in [1.54, 1.807) is 0 Å². The molecular weight excluding hydrogens is 569 g/mol. The summed E-state index contributed by atoms with van der Waals surface area (Å²) in [7, 11) is 0. The van der Waals surface area contributed by atoms with Gasteiger partial charge in [0.1, 0.15) is 5.82 Å². The van der Waals surface area contributed by atoms with Crippen molar-refractivity contribution in [1.82, 2.24) is 9.55 Å². The van der Waals surface area contributed by atoms with Crippen molar-refractivity contribution in [3.63, 3.8) is 0 Å². The zero-order chi connectivity index (χ0) is 35.5. The Morgan fingerprint density at radius 3 is 1.66 bits per heavy atom. The van der Waals surface area contributed by atoms with E-state index >= 15 is 0 Å². The van der Waals surface area contributed by atoms with Crippen LogP contribution in [0.3, 0.4) is 0 Å². The number of rotatable bonds is 5. The molecule has 0 amide bonds. The Labute approximate surface area is 280 Å². The zero-order valence-corrected chi connectivity index (χ0v) is 25.3. The minimum atomic E-state index is -0.430. The number of imidazole rings is 1. The van der Waals surface area contributed by atoms with Gasteiger partial charge in [-0.2, -0.15) is 0 Å². The minimum Gasteiger partial charge on any atom is -0.292 e. The Kier molecular flexibility index (Phi) is 5.35. The van der Waals surface area contributed by atoms with Crippen molar-refractivity contribution < 1.29 is 6.85 Å². The third kappa shape index (κ3) is 4.62. The molecule has 2 heteroatoms. The molecule has 0 unspecified atom stereocenters. The van der Waals surface area contributed by atoms with Crippen LogP contribution in [0, 0.1) is 0 Å². The second kappa shape index (κ2) is 11.3. The van der Waals surface area contributed by atoms with Gasteiger partial charge in [-0.05, 0) is 85.3 Å². The molecule has 0 atom stereocenters. The van der Waals surface area contributed by atoms with Gasteiger partial charge in [-0.15, -0.1) is 0 Å². The number of benzene rings is 8. The summed E-state index contributed by atoms with van der Waals surface area (Å²) in [6, 6.07) is 50.4. The maximum atomic E-state index is 8.71. The largest absolute Gasteiger partial charge is 0.292 e. The molecule has 220 valence electrons. The number of nitrogens with zero attached hydrogens (tertiary/aromatic N) is 2. The normalized spacial score (nSPS) is 12.9. The topological polar surface area (TPSA) is 17.8 Å². The van der Waals surface area contributed by atoms with E-state index in [0.29, 0.717) is 11.3 Å². The molecular formula is C45H30N2. The molecule has 9 rings (SSSR count). The molecule has 0 saturated carbocycles. The number of hydrogen-bond donors (Lipinski definition) is 0. The van der Waals surface area contributed by atoms with E-state index in [-0.39, 0.29) is 29.7 Å². The van der Waals surface area contributed by atoms with Gasteiger partial charge in [0.2, 0.25) is 0 Å². The quantitative estimate of drug-likeness (QED) is 0.179. The van der Waals surface area contributed by atoms with E-state index in [1.165, 1.54) is 16.7 Å². The summed E-state index contributed by atoms with van der Waals surface area (Å²) >= 11 is 0. The predicted molar refractivity (Wildman–Crippen MR) is 198 cm³/mol. The van der Waals surface area contributed by atoms with Crippen LogP contribution in [-0.2, 0) is 0 Å². The van der Waals surface area contributed by atoms with Crippen molar-refractivity contribution in [3.05, 3.63) is 182 Å². The highest BCUT2D eigenvalue weighted by Gasteiger charge is 2.18. The third-order valence-corrected chi connectivity index (χ3v) is 8.89. The monoisotopic (exact) mass is 603 g/mol. The molecule has 2 nitrogen and oxygen atoms in total. The second-order valence-corrected chi connectivity index (χ2v) is 11.6. The molecule has 0 aliphatic rings. The fraction of sp³-hybridized carbons (Fsp3) is 0. The molecule has 8 aromatic carbocycles. The van der Waals surface area contributed by atoms with Gasteiger partial charge in [0.15, 0.2) is 0 Å². The number of fused-ring (bicyclic) bond motifs is 3. The molecule has 0 bridgehead atoms. The molecule has 47 heavy (non-hydrogen) atoms. The third-order valence-electron chi connectivity index (χ3n) is 8.89. The SMILES string of the molecule is [2H]c1c([2H])c([2H])c(-c2nc3ccccc3n2-c2ccc(-c3c4ccccc4c(-c4cccc(-c5ccccc5)c4)c4ccccc34)cc2)c([2H])c1[2H]. The van der Waals surface area contributed by atoms with Gasteiger partial charge in [0, 0.05) is 11.3 Å². The van der Waals surface area contributed by atoms with Crippen molar-refractivity contribution in [2.45, 2.75) is 0 Å². The Morgan fingerprint density at radius 1 is 0.426 bits per heavy atom. The van der Waals surface area contributed by atoms with E-state index in [9.17, 15) is 0 Å². The smallest absolute Gasteiger partial charge is 0.145 e. The summed E-state index contributed by atoms with van der Waals surface area (Å²) in [6.07, 6.45) is 0. The fourth-order valence-electron chi connectivity index (χ4n) is 6.83. The number of aromatic nitrogens is 2. The Bertz CT molecular complexity index is 2760. The summed E-state index contributed by atoms with van der Waals surface area (Å²) in [5.74, 6) is 0.295. The number of hydrogen-bond acceptors (Lipinski definition) is 1. The van der Waals surface area contributed by atoms with Gasteiger partial charge in [-0.25, -0.2) is 4.98 Å². The first kappa shape index (κ1) is 22.3. The van der Waals surface area contributed by atoms with Crippen LogP contribution in [0.15, 0.2) is 182 Å². The maximum Gasteiger partial charge on any atom is 0.145 e. The van der Waals surface area contributed by atoms with Crippen molar-refractivity contribution in [1.29, 1.82) is 0 Å². The Hall–Kier alpha value is -6.25. The predicted octanol–water partition coefficient (Wildman–Crippen LogP) is 12.0. The maximum absolute atomic E-state index is 8.71. The van der Waals surface area contributed by atoms with Crippen LogP contribution in [0.1, 0.15) is 6.85 Å². The van der Waals surface area contributed by atoms with Gasteiger partial charge in [-0.1, -0.05) is 152 Å². The highest BCUT2D eigenvalue weighted by Crippen LogP contribution is 2.44. The van der Waals surface area contributed by atoms with E-state index in [0.717, 1.165) is 49.4 Å². The van der Waals surface area contributed by atoms with Crippen molar-refractivity contribution in [3.8, 4) is 50.5 Å². The standard InChI is InChI=1S/C45H30N2/c1-3-14-31(15-4-1)34-18-13-19-35(30-34)44-39-22-9-7-20-37(39)43(38-21-8-10-23-40(38)44)32-26-28-36(29-27-32)47-42-25-12-11-24-41(42)46-45(47)33-16-5-2-6-17-33/h1-30H/i2D,5D,6D,16D,17D. The molecule has 1 heterocycles. The van der Waals surface area contributed by atoms with Crippen molar-refractivity contribution in [2.75, 3.05) is 0 Å². The lowest BCUT2D eigenvalue weighted by Gasteiger charge is -2.18. The van der Waals surface area contributed by atoms with Gasteiger partial charge in [0.05, 0.1) is 17.9 Å². The first-order valence-corrected chi connectivity index (χ1v) is 15.7. The lowest BCUT2D eigenvalue weighted by molar-refractivity contribution is 1.10. The number of para-hydroxylation sites is 2. The zero-order valence-electron chi connectivity index (χ0n) is 30.3. The molecule has 1 aromatic heterocycles. The average molecular weight is 604 g/mol. The van der Waals surface area contributed by atoms with Crippen LogP contribution < -0.4 is 0 Å². The lowest BCUT2D eigenvalue weighted by atomic mass is 9.85. The molecule has 0 N–H and O–H groups in total. The van der Waals surface area contributed by atoms with E-state index in [1.807, 2.05) is 47.0 Å². The van der Waals surface area contributed by atoms with Gasteiger partial charge in [-0.3, -0.25) is 4.57 Å². The van der Waals surface area contributed by atoms with Gasteiger partial charge < -0.3 is 0 Å². The first-order chi connectivity index (χ1) is 25.4. The summed E-state index contributed by atoms with van der Waals surface area (Å²) in [6.45, 7) is 0. The van der Waals surface area contributed by atoms with Crippen LogP contribution in [0.25, 0.3) is 83.0 Å². The van der Waals surface area contributed by atoms with Crippen molar-refractivity contribution >= 4 is 32.6 Å². The Balaban J connectivity index is 1.24. The highest BCUT2D eigenvalue weighted by molar-refractivity contribution is 6.21. The van der Waals surface area contributed by atoms with Gasteiger partial charge >= 0.3 is 0 Å². The first-order valence-electron chi connectivity index (χ1n) is 18.2. The molecule has 9 aromatic rings. The van der Waals surface area contributed by atoms with Crippen LogP contribution in [-0.4, -0.2) is 9.55 Å². The van der Waals surface area contributed by atoms with Crippen LogP contribution >= 0.6 is 0 Å². The van der Waals surface area contributed by atoms with Crippen LogP contribution in [0.5, 0.6) is 0 Å².